The molecule has 1 spiro atoms. The maximum Gasteiger partial charge on any atom is 0.328 e. The summed E-state index contributed by atoms with van der Waals surface area (Å²) < 4.78 is 10.8. The topological polar surface area (TPSA) is 138 Å². The van der Waals surface area contributed by atoms with Crippen LogP contribution in [-0.2, 0) is 33.7 Å². The van der Waals surface area contributed by atoms with Crippen LogP contribution < -0.4 is 10.2 Å². The fourth-order valence-electron chi connectivity index (χ4n) is 5.07. The van der Waals surface area contributed by atoms with Crippen molar-refractivity contribution in [1.29, 1.82) is 5.26 Å². The van der Waals surface area contributed by atoms with Crippen molar-refractivity contribution < 1.29 is 23.9 Å². The van der Waals surface area contributed by atoms with Crippen molar-refractivity contribution in [2.45, 2.75) is 50.7 Å². The average Bonchev–Trinajstić information content (AvgIpc) is 3.71. The Morgan fingerprint density at radius 2 is 2.16 bits per heavy atom. The van der Waals surface area contributed by atoms with E-state index in [1.807, 2.05) is 6.07 Å². The van der Waals surface area contributed by atoms with Gasteiger partial charge in [0, 0.05) is 45.1 Å². The highest BCUT2D eigenvalue weighted by Crippen LogP contribution is 2.43. The van der Waals surface area contributed by atoms with Crippen LogP contribution in [0.3, 0.4) is 0 Å². The number of nitrogens with zero attached hydrogens (tertiary/aromatic N) is 5. The number of anilines is 2. The number of methoxy groups -OCH3 is 1. The van der Waals surface area contributed by atoms with Crippen molar-refractivity contribution in [2.24, 2.45) is 0 Å². The molecule has 3 aliphatic rings. The van der Waals surface area contributed by atoms with Crippen LogP contribution in [0.2, 0.25) is 0 Å². The van der Waals surface area contributed by atoms with Gasteiger partial charge in [0.25, 0.3) is 5.91 Å². The van der Waals surface area contributed by atoms with Gasteiger partial charge in [0.1, 0.15) is 29.0 Å². The largest absolute Gasteiger partial charge is 0.385 e. The Morgan fingerprint density at radius 1 is 1.32 bits per heavy atom. The molecule has 3 amide bonds. The maximum atomic E-state index is 13.3. The summed E-state index contributed by atoms with van der Waals surface area (Å²) in [4.78, 5) is 50.2. The third-order valence-corrected chi connectivity index (χ3v) is 7.25. The molecule has 1 saturated heterocycles. The number of nitriles is 1. The molecular formula is C27H30N6O5. The molecule has 1 N–H and O–H groups in total. The summed E-state index contributed by atoms with van der Waals surface area (Å²) >= 11 is 0. The second-order valence-corrected chi connectivity index (χ2v) is 9.82. The van der Waals surface area contributed by atoms with Gasteiger partial charge in [-0.1, -0.05) is 0 Å². The predicted molar refractivity (Wildman–Crippen MR) is 137 cm³/mol. The van der Waals surface area contributed by atoms with E-state index in [2.05, 4.69) is 21.4 Å². The summed E-state index contributed by atoms with van der Waals surface area (Å²) in [6.45, 7) is 2.23. The number of aryl methyl sites for hydroxylation is 2. The molecule has 2 aromatic heterocycles. The van der Waals surface area contributed by atoms with E-state index in [0.717, 1.165) is 36.8 Å². The Kier molecular flexibility index (Phi) is 7.35. The van der Waals surface area contributed by atoms with E-state index >= 15 is 0 Å². The molecule has 11 nitrogen and oxygen atoms in total. The van der Waals surface area contributed by atoms with E-state index in [-0.39, 0.29) is 18.1 Å². The second-order valence-electron chi connectivity index (χ2n) is 9.82. The molecule has 11 heteroatoms. The number of pyridine rings is 2. The number of hydrogen-bond donors (Lipinski definition) is 1. The molecule has 0 aromatic carbocycles. The van der Waals surface area contributed by atoms with Gasteiger partial charge in [0.15, 0.2) is 6.29 Å². The van der Waals surface area contributed by atoms with Gasteiger partial charge in [0.05, 0.1) is 12.2 Å². The molecule has 0 atom stereocenters. The molecule has 2 aliphatic heterocycles. The van der Waals surface area contributed by atoms with Crippen molar-refractivity contribution in [3.8, 4) is 6.07 Å². The Bertz CT molecular complexity index is 1300. The second kappa shape index (κ2) is 10.8. The number of carbonyl (C=O) groups is 3. The first-order valence-electron chi connectivity index (χ1n) is 12.9. The van der Waals surface area contributed by atoms with E-state index < -0.39 is 11.6 Å². The SMILES string of the molecule is COCCCc1cc(NC(=O)N2CCCc3cc(CN4CCOC5(CC5)C4=O)c(C=O)nc32)ncc1C#N. The van der Waals surface area contributed by atoms with Crippen LogP contribution in [-0.4, -0.2) is 72.1 Å². The number of hydrogen-bond acceptors (Lipinski definition) is 8. The zero-order valence-corrected chi connectivity index (χ0v) is 21.4. The van der Waals surface area contributed by atoms with Crippen molar-refractivity contribution in [1.82, 2.24) is 14.9 Å². The summed E-state index contributed by atoms with van der Waals surface area (Å²) in [6, 6.07) is 5.32. The first kappa shape index (κ1) is 25.8. The summed E-state index contributed by atoms with van der Waals surface area (Å²) in [6.07, 6.45) is 6.38. The van der Waals surface area contributed by atoms with E-state index in [4.69, 9.17) is 9.47 Å². The lowest BCUT2D eigenvalue weighted by Gasteiger charge is -2.33. The van der Waals surface area contributed by atoms with E-state index in [9.17, 15) is 19.6 Å². The zero-order valence-electron chi connectivity index (χ0n) is 21.4. The summed E-state index contributed by atoms with van der Waals surface area (Å²) in [5.41, 5.74) is 2.30. The molecule has 0 bridgehead atoms. The monoisotopic (exact) mass is 518 g/mol. The molecule has 0 radical (unpaired) electrons. The van der Waals surface area contributed by atoms with Crippen molar-refractivity contribution in [3.05, 3.63) is 46.3 Å². The first-order valence-corrected chi connectivity index (χ1v) is 12.9. The molecule has 198 valence electrons. The standard InChI is InChI=1S/C27H30N6O5/c1-37-10-3-5-18-13-23(29-15-21(18)14-28)31-26(36)33-8-2-4-19-12-20(22(17-34)30-24(19)33)16-32-9-11-38-27(6-7-27)25(32)35/h12-13,15,17H,2-11,16H2,1H3,(H,29,31,36). The number of rotatable bonds is 8. The summed E-state index contributed by atoms with van der Waals surface area (Å²) in [5, 5.41) is 12.2. The average molecular weight is 519 g/mol. The molecule has 1 aliphatic carbocycles. The van der Waals surface area contributed by atoms with Gasteiger partial charge in [0.2, 0.25) is 0 Å². The smallest absolute Gasteiger partial charge is 0.328 e. The van der Waals surface area contributed by atoms with Gasteiger partial charge in [-0.2, -0.15) is 5.26 Å². The van der Waals surface area contributed by atoms with Crippen LogP contribution in [0.15, 0.2) is 18.3 Å². The lowest BCUT2D eigenvalue weighted by Crippen LogP contribution is -2.48. The number of carbonyl (C=O) groups excluding carboxylic acids is 3. The van der Waals surface area contributed by atoms with Crippen LogP contribution in [0.1, 0.15) is 58.4 Å². The maximum absolute atomic E-state index is 13.3. The van der Waals surface area contributed by atoms with Crippen molar-refractivity contribution in [3.63, 3.8) is 0 Å². The van der Waals surface area contributed by atoms with Crippen molar-refractivity contribution in [2.75, 3.05) is 43.6 Å². The third-order valence-electron chi connectivity index (χ3n) is 7.25. The van der Waals surface area contributed by atoms with Gasteiger partial charge in [-0.05, 0) is 61.8 Å². The Balaban J connectivity index is 1.34. The van der Waals surface area contributed by atoms with Gasteiger partial charge >= 0.3 is 6.03 Å². The molecule has 2 fully saturated rings. The Morgan fingerprint density at radius 3 is 2.89 bits per heavy atom. The highest BCUT2D eigenvalue weighted by molar-refractivity contribution is 6.01. The number of urea groups is 1. The minimum absolute atomic E-state index is 0.0316. The summed E-state index contributed by atoms with van der Waals surface area (Å²) in [5.74, 6) is 0.733. The number of amides is 3. The number of fused-ring (bicyclic) bond motifs is 1. The molecule has 5 rings (SSSR count). The lowest BCUT2D eigenvalue weighted by molar-refractivity contribution is -0.157. The predicted octanol–water partition coefficient (Wildman–Crippen LogP) is 2.62. The normalized spacial score (nSPS) is 17.6. The molecule has 2 aromatic rings. The van der Waals surface area contributed by atoms with Gasteiger partial charge in [-0.15, -0.1) is 0 Å². The van der Waals surface area contributed by atoms with Crippen LogP contribution in [0.25, 0.3) is 0 Å². The number of ether oxygens (including phenoxy) is 2. The quantitative estimate of drug-likeness (QED) is 0.416. The molecule has 4 heterocycles. The van der Waals surface area contributed by atoms with E-state index in [0.29, 0.717) is 68.2 Å². The Labute approximate surface area is 220 Å². The molecular weight excluding hydrogens is 488 g/mol. The van der Waals surface area contributed by atoms with Gasteiger partial charge < -0.3 is 14.4 Å². The molecule has 0 unspecified atom stereocenters. The minimum Gasteiger partial charge on any atom is -0.385 e. The Hall–Kier alpha value is -3.88. The van der Waals surface area contributed by atoms with Gasteiger partial charge in [-0.3, -0.25) is 19.8 Å². The van der Waals surface area contributed by atoms with Crippen molar-refractivity contribution >= 4 is 29.9 Å². The number of aldehydes is 1. The van der Waals surface area contributed by atoms with Crippen LogP contribution in [0, 0.1) is 11.3 Å². The number of aromatic nitrogens is 2. The highest BCUT2D eigenvalue weighted by Gasteiger charge is 2.55. The van der Waals surface area contributed by atoms with Crippen LogP contribution >= 0.6 is 0 Å². The molecule has 38 heavy (non-hydrogen) atoms. The highest BCUT2D eigenvalue weighted by atomic mass is 16.5. The molecule has 1 saturated carbocycles. The number of nitrogens with one attached hydrogen (secondary N) is 1. The fourth-order valence-corrected chi connectivity index (χ4v) is 5.07. The van der Waals surface area contributed by atoms with Gasteiger partial charge in [-0.25, -0.2) is 14.8 Å². The minimum atomic E-state index is -0.667. The van der Waals surface area contributed by atoms with E-state index in [1.165, 1.54) is 11.1 Å². The zero-order chi connectivity index (χ0) is 26.7. The fraction of sp³-hybridized carbons (Fsp3) is 0.481. The first-order chi connectivity index (χ1) is 18.5. The summed E-state index contributed by atoms with van der Waals surface area (Å²) in [7, 11) is 1.62. The third kappa shape index (κ3) is 5.10. The van der Waals surface area contributed by atoms with Crippen LogP contribution in [0.4, 0.5) is 16.4 Å². The van der Waals surface area contributed by atoms with Crippen LogP contribution in [0.5, 0.6) is 0 Å². The van der Waals surface area contributed by atoms with E-state index in [1.54, 1.807) is 18.1 Å². The number of morpholine rings is 1. The lowest BCUT2D eigenvalue weighted by atomic mass is 10.0.